The molecule has 1 aliphatic heterocycles. The predicted molar refractivity (Wildman–Crippen MR) is 64.4 cm³/mol. The van der Waals surface area contributed by atoms with Crippen LogP contribution in [0.25, 0.3) is 0 Å². The summed E-state index contributed by atoms with van der Waals surface area (Å²) in [5, 5.41) is 8.97. The van der Waals surface area contributed by atoms with E-state index in [1.807, 2.05) is 20.8 Å². The molecule has 1 aliphatic rings. The van der Waals surface area contributed by atoms with Crippen molar-refractivity contribution in [3.8, 4) is 6.07 Å². The molecule has 17 heavy (non-hydrogen) atoms. The molecule has 0 spiro atoms. The van der Waals surface area contributed by atoms with Crippen LogP contribution in [-0.2, 0) is 4.74 Å². The highest BCUT2D eigenvalue weighted by Gasteiger charge is 2.26. The fourth-order valence-corrected chi connectivity index (χ4v) is 1.90. The summed E-state index contributed by atoms with van der Waals surface area (Å²) in [5.74, 6) is 0. The van der Waals surface area contributed by atoms with Crippen LogP contribution in [0.4, 0.5) is 4.79 Å². The zero-order valence-electron chi connectivity index (χ0n) is 10.9. The first-order valence-electron chi connectivity index (χ1n) is 6.04. The third-order valence-electron chi connectivity index (χ3n) is 2.82. The first-order chi connectivity index (χ1) is 7.98. The van der Waals surface area contributed by atoms with E-state index in [2.05, 4.69) is 11.0 Å². The maximum absolute atomic E-state index is 11.5. The van der Waals surface area contributed by atoms with Crippen LogP contribution in [0.1, 0.15) is 20.8 Å². The van der Waals surface area contributed by atoms with Gasteiger partial charge in [-0.15, -0.1) is 0 Å². The second-order valence-electron chi connectivity index (χ2n) is 4.96. The fourth-order valence-electron chi connectivity index (χ4n) is 1.90. The van der Waals surface area contributed by atoms with Gasteiger partial charge >= 0.3 is 6.09 Å². The van der Waals surface area contributed by atoms with Gasteiger partial charge in [0, 0.05) is 32.7 Å². The number of amides is 1. The molecule has 5 heteroatoms. The zero-order chi connectivity index (χ0) is 12.9. The summed E-state index contributed by atoms with van der Waals surface area (Å²) < 4.78 is 4.95. The molecule has 0 atom stereocenters. The molecule has 0 aromatic heterocycles. The van der Waals surface area contributed by atoms with Crippen molar-refractivity contribution in [1.82, 2.24) is 9.80 Å². The second-order valence-corrected chi connectivity index (χ2v) is 4.96. The lowest BCUT2D eigenvalue weighted by Crippen LogP contribution is -2.50. The van der Waals surface area contributed by atoms with Gasteiger partial charge in [-0.05, 0) is 20.8 Å². The SMILES string of the molecule is CCOC(=O)N1CCN(CC(C)(C)C#N)CC1. The largest absolute Gasteiger partial charge is 0.450 e. The number of hydrogen-bond donors (Lipinski definition) is 0. The minimum atomic E-state index is -0.327. The molecule has 0 unspecified atom stereocenters. The number of carbonyl (C=O) groups is 1. The summed E-state index contributed by atoms with van der Waals surface area (Å²) >= 11 is 0. The van der Waals surface area contributed by atoms with Gasteiger partial charge in [0.1, 0.15) is 0 Å². The Bertz CT molecular complexity index is 301. The Labute approximate surface area is 103 Å². The number of nitrogens with zero attached hydrogens (tertiary/aromatic N) is 3. The topological polar surface area (TPSA) is 56.6 Å². The quantitative estimate of drug-likeness (QED) is 0.745. The van der Waals surface area contributed by atoms with Gasteiger partial charge in [-0.3, -0.25) is 4.90 Å². The summed E-state index contributed by atoms with van der Waals surface area (Å²) in [6.07, 6.45) is -0.230. The van der Waals surface area contributed by atoms with Gasteiger partial charge in [0.25, 0.3) is 0 Å². The highest BCUT2D eigenvalue weighted by Crippen LogP contribution is 2.16. The zero-order valence-corrected chi connectivity index (χ0v) is 10.9. The molecule has 0 saturated carbocycles. The van der Waals surface area contributed by atoms with Crippen LogP contribution in [0.2, 0.25) is 0 Å². The van der Waals surface area contributed by atoms with Crippen LogP contribution in [0.3, 0.4) is 0 Å². The Balaban J connectivity index is 2.36. The third kappa shape index (κ3) is 4.23. The molecule has 1 rings (SSSR count). The second kappa shape index (κ2) is 5.87. The minimum absolute atomic E-state index is 0.230. The van der Waals surface area contributed by atoms with E-state index in [-0.39, 0.29) is 11.5 Å². The highest BCUT2D eigenvalue weighted by molar-refractivity contribution is 5.67. The van der Waals surface area contributed by atoms with Crippen LogP contribution < -0.4 is 0 Å². The first-order valence-corrected chi connectivity index (χ1v) is 6.04. The van der Waals surface area contributed by atoms with Gasteiger partial charge in [-0.2, -0.15) is 5.26 Å². The van der Waals surface area contributed by atoms with Crippen molar-refractivity contribution >= 4 is 6.09 Å². The Hall–Kier alpha value is -1.28. The van der Waals surface area contributed by atoms with E-state index in [0.717, 1.165) is 19.6 Å². The van der Waals surface area contributed by atoms with E-state index < -0.39 is 0 Å². The van der Waals surface area contributed by atoms with Gasteiger partial charge < -0.3 is 9.64 Å². The highest BCUT2D eigenvalue weighted by atomic mass is 16.6. The minimum Gasteiger partial charge on any atom is -0.450 e. The molecule has 0 bridgehead atoms. The maximum Gasteiger partial charge on any atom is 0.409 e. The molecule has 1 saturated heterocycles. The molecule has 0 N–H and O–H groups in total. The molecule has 1 heterocycles. The number of piperazine rings is 1. The lowest BCUT2D eigenvalue weighted by Gasteiger charge is -2.36. The van der Waals surface area contributed by atoms with Crippen molar-refractivity contribution in [1.29, 1.82) is 5.26 Å². The number of carbonyl (C=O) groups excluding carboxylic acids is 1. The summed E-state index contributed by atoms with van der Waals surface area (Å²) in [5.41, 5.74) is -0.327. The number of ether oxygens (including phenoxy) is 1. The van der Waals surface area contributed by atoms with Crippen molar-refractivity contribution in [2.24, 2.45) is 5.41 Å². The van der Waals surface area contributed by atoms with E-state index >= 15 is 0 Å². The first kappa shape index (κ1) is 13.8. The van der Waals surface area contributed by atoms with E-state index in [1.54, 1.807) is 4.90 Å². The van der Waals surface area contributed by atoms with E-state index in [4.69, 9.17) is 10.00 Å². The van der Waals surface area contributed by atoms with Crippen molar-refractivity contribution in [3.05, 3.63) is 0 Å². The van der Waals surface area contributed by atoms with Gasteiger partial charge in [-0.1, -0.05) is 0 Å². The van der Waals surface area contributed by atoms with Crippen molar-refractivity contribution < 1.29 is 9.53 Å². The summed E-state index contributed by atoms with van der Waals surface area (Å²) in [7, 11) is 0. The molecule has 96 valence electrons. The molecule has 5 nitrogen and oxygen atoms in total. The summed E-state index contributed by atoms with van der Waals surface area (Å²) in [6.45, 7) is 9.83. The Kier molecular flexibility index (Phi) is 4.76. The normalized spacial score (nSPS) is 17.6. The number of nitriles is 1. The maximum atomic E-state index is 11.5. The van der Waals surface area contributed by atoms with E-state index in [0.29, 0.717) is 19.7 Å². The number of rotatable bonds is 3. The fraction of sp³-hybridized carbons (Fsp3) is 0.833. The molecular formula is C12H21N3O2. The van der Waals surface area contributed by atoms with Gasteiger partial charge in [0.2, 0.25) is 0 Å². The van der Waals surface area contributed by atoms with E-state index in [9.17, 15) is 4.79 Å². The molecular weight excluding hydrogens is 218 g/mol. The molecule has 0 aromatic rings. The van der Waals surface area contributed by atoms with Crippen LogP contribution in [0.15, 0.2) is 0 Å². The van der Waals surface area contributed by atoms with Gasteiger partial charge in [-0.25, -0.2) is 4.79 Å². The van der Waals surface area contributed by atoms with Gasteiger partial charge in [0.15, 0.2) is 0 Å². The summed E-state index contributed by atoms with van der Waals surface area (Å²) in [6, 6.07) is 2.30. The van der Waals surface area contributed by atoms with Crippen LogP contribution in [-0.4, -0.2) is 55.2 Å². The molecule has 1 fully saturated rings. The lowest BCUT2D eigenvalue weighted by molar-refractivity contribution is 0.0731. The van der Waals surface area contributed by atoms with Crippen molar-refractivity contribution in [2.45, 2.75) is 20.8 Å². The average molecular weight is 239 g/mol. The smallest absolute Gasteiger partial charge is 0.409 e. The Morgan fingerprint density at radius 2 is 1.94 bits per heavy atom. The summed E-state index contributed by atoms with van der Waals surface area (Å²) in [4.78, 5) is 15.4. The van der Waals surface area contributed by atoms with E-state index in [1.165, 1.54) is 0 Å². The third-order valence-corrected chi connectivity index (χ3v) is 2.82. The molecule has 0 aliphatic carbocycles. The van der Waals surface area contributed by atoms with Crippen molar-refractivity contribution in [2.75, 3.05) is 39.3 Å². The molecule has 0 aromatic carbocycles. The van der Waals surface area contributed by atoms with Crippen LogP contribution >= 0.6 is 0 Å². The van der Waals surface area contributed by atoms with Crippen molar-refractivity contribution in [3.63, 3.8) is 0 Å². The lowest BCUT2D eigenvalue weighted by atomic mass is 9.95. The Morgan fingerprint density at radius 3 is 2.41 bits per heavy atom. The van der Waals surface area contributed by atoms with Gasteiger partial charge in [0.05, 0.1) is 18.1 Å². The number of hydrogen-bond acceptors (Lipinski definition) is 4. The molecule has 1 amide bonds. The Morgan fingerprint density at radius 1 is 1.35 bits per heavy atom. The monoisotopic (exact) mass is 239 g/mol. The predicted octanol–water partition coefficient (Wildman–Crippen LogP) is 1.31. The average Bonchev–Trinajstić information content (AvgIpc) is 2.30. The van der Waals surface area contributed by atoms with Crippen LogP contribution in [0.5, 0.6) is 0 Å². The standard InChI is InChI=1S/C12H21N3O2/c1-4-17-11(16)15-7-5-14(6-8-15)10-12(2,3)9-13/h4-8,10H2,1-3H3. The van der Waals surface area contributed by atoms with Crippen LogP contribution in [0, 0.1) is 16.7 Å². The molecule has 0 radical (unpaired) electrons.